The third kappa shape index (κ3) is 4.18. The summed E-state index contributed by atoms with van der Waals surface area (Å²) >= 11 is 0. The maximum Gasteiger partial charge on any atom is 0.299 e. The van der Waals surface area contributed by atoms with E-state index in [0.717, 1.165) is 71.3 Å². The van der Waals surface area contributed by atoms with Crippen molar-refractivity contribution < 1.29 is 9.47 Å². The number of benzene rings is 3. The molecule has 0 N–H and O–H groups in total. The molecule has 2 aliphatic heterocycles. The summed E-state index contributed by atoms with van der Waals surface area (Å²) < 4.78 is 13.6. The van der Waals surface area contributed by atoms with Gasteiger partial charge in [-0.25, -0.2) is 0 Å². The summed E-state index contributed by atoms with van der Waals surface area (Å²) in [6.45, 7) is 12.5. The molecule has 5 rings (SSSR count). The Kier molecular flexibility index (Phi) is 6.29. The van der Waals surface area contributed by atoms with Crippen molar-refractivity contribution in [1.82, 2.24) is 0 Å². The molecule has 2 heterocycles. The molecule has 0 saturated heterocycles. The average molecular weight is 467 g/mol. The van der Waals surface area contributed by atoms with E-state index in [1.165, 1.54) is 0 Å². The van der Waals surface area contributed by atoms with Gasteiger partial charge in [-0.05, 0) is 69.7 Å². The Bertz CT molecular complexity index is 1250. The maximum absolute atomic E-state index is 6.80. The van der Waals surface area contributed by atoms with Crippen molar-refractivity contribution in [3.63, 3.8) is 0 Å². The number of rotatable bonds is 7. The number of ether oxygens (including phenoxy) is 2. The van der Waals surface area contributed by atoms with Crippen LogP contribution in [0.15, 0.2) is 72.8 Å². The monoisotopic (exact) mass is 466 g/mol. The molecular formula is C31H34N2O2. The first-order valence-corrected chi connectivity index (χ1v) is 12.7. The van der Waals surface area contributed by atoms with E-state index < -0.39 is 5.79 Å². The van der Waals surface area contributed by atoms with Gasteiger partial charge in [0.25, 0.3) is 5.79 Å². The van der Waals surface area contributed by atoms with Gasteiger partial charge in [-0.1, -0.05) is 30.3 Å². The number of nitrogens with zero attached hydrogens (tertiary/aromatic N) is 2. The lowest BCUT2D eigenvalue weighted by Gasteiger charge is -2.40. The molecule has 35 heavy (non-hydrogen) atoms. The molecule has 0 amide bonds. The van der Waals surface area contributed by atoms with Gasteiger partial charge >= 0.3 is 0 Å². The summed E-state index contributed by atoms with van der Waals surface area (Å²) in [4.78, 5) is 4.66. The minimum Gasteiger partial charge on any atom is -0.444 e. The van der Waals surface area contributed by atoms with E-state index in [-0.39, 0.29) is 0 Å². The second-order valence-corrected chi connectivity index (χ2v) is 8.92. The number of anilines is 2. The minimum atomic E-state index is -1.04. The predicted octanol–water partition coefficient (Wildman–Crippen LogP) is 7.11. The number of fused-ring (bicyclic) bond motifs is 2. The first-order valence-electron chi connectivity index (χ1n) is 12.7. The van der Waals surface area contributed by atoms with Crippen LogP contribution in [0.4, 0.5) is 11.4 Å². The molecule has 3 aromatic carbocycles. The fraction of sp³-hybridized carbons (Fsp3) is 0.290. The Balaban J connectivity index is 1.62. The first-order chi connectivity index (χ1) is 17.1. The lowest BCUT2D eigenvalue weighted by atomic mass is 9.90. The van der Waals surface area contributed by atoms with Crippen LogP contribution in [0.5, 0.6) is 11.5 Å². The van der Waals surface area contributed by atoms with Gasteiger partial charge in [0.2, 0.25) is 0 Å². The van der Waals surface area contributed by atoms with Crippen LogP contribution < -0.4 is 19.3 Å². The molecule has 0 radical (unpaired) electrons. The van der Waals surface area contributed by atoms with Gasteiger partial charge in [0.15, 0.2) is 0 Å². The number of hydrogen-bond donors (Lipinski definition) is 0. The molecule has 1 spiro atoms. The molecule has 180 valence electrons. The second kappa shape index (κ2) is 9.53. The minimum absolute atomic E-state index is 0.835. The van der Waals surface area contributed by atoms with E-state index >= 15 is 0 Å². The van der Waals surface area contributed by atoms with Gasteiger partial charge in [-0.2, -0.15) is 0 Å². The second-order valence-electron chi connectivity index (χ2n) is 8.92. The Morgan fingerprint density at radius 3 is 1.77 bits per heavy atom. The van der Waals surface area contributed by atoms with Crippen LogP contribution in [0.2, 0.25) is 0 Å². The highest BCUT2D eigenvalue weighted by Gasteiger charge is 2.43. The summed E-state index contributed by atoms with van der Waals surface area (Å²) in [6, 6.07) is 23.3. The van der Waals surface area contributed by atoms with E-state index in [1.54, 1.807) is 0 Å². The Morgan fingerprint density at radius 2 is 1.20 bits per heavy atom. The zero-order valence-electron chi connectivity index (χ0n) is 21.1. The van der Waals surface area contributed by atoms with Crippen LogP contribution >= 0.6 is 0 Å². The third-order valence-electron chi connectivity index (χ3n) is 7.02. The Labute approximate surface area is 209 Å². The quantitative estimate of drug-likeness (QED) is 0.370. The predicted molar refractivity (Wildman–Crippen MR) is 147 cm³/mol. The third-order valence-corrected chi connectivity index (χ3v) is 7.02. The molecule has 1 unspecified atom stereocenters. The SMILES string of the molecule is CCN(CC)c1ccc2c(c1)OC1(C=C2)Oc2cc(N(CC)CC)ccc2C=C1c1ccccc1. The van der Waals surface area contributed by atoms with Gasteiger partial charge in [0.05, 0.1) is 0 Å². The Morgan fingerprint density at radius 1 is 0.657 bits per heavy atom. The van der Waals surface area contributed by atoms with E-state index in [0.29, 0.717) is 0 Å². The largest absolute Gasteiger partial charge is 0.444 e. The summed E-state index contributed by atoms with van der Waals surface area (Å²) in [5.74, 6) is 0.634. The standard InChI is InChI=1S/C31H34N2O2/c1-5-32(6-2)26-16-14-24-18-19-31(34-29(24)21-26)28(23-12-10-9-11-13-23)20-25-15-17-27(22-30(25)35-31)33(7-3)8-4/h9-22H,5-8H2,1-4H3. The fourth-order valence-corrected chi connectivity index (χ4v) is 5.02. The van der Waals surface area contributed by atoms with Crippen molar-refractivity contribution in [2.75, 3.05) is 36.0 Å². The van der Waals surface area contributed by atoms with E-state index in [4.69, 9.17) is 9.47 Å². The molecule has 2 aliphatic rings. The molecule has 0 fully saturated rings. The van der Waals surface area contributed by atoms with Crippen molar-refractivity contribution in [2.24, 2.45) is 0 Å². The van der Waals surface area contributed by atoms with Crippen molar-refractivity contribution in [1.29, 1.82) is 0 Å². The summed E-state index contributed by atoms with van der Waals surface area (Å²) in [7, 11) is 0. The molecule has 0 saturated carbocycles. The normalized spacial score (nSPS) is 17.7. The highest BCUT2D eigenvalue weighted by Crippen LogP contribution is 2.47. The van der Waals surface area contributed by atoms with Crippen LogP contribution in [0.1, 0.15) is 44.4 Å². The van der Waals surface area contributed by atoms with E-state index in [2.05, 4.69) is 116 Å². The zero-order valence-corrected chi connectivity index (χ0v) is 21.1. The topological polar surface area (TPSA) is 24.9 Å². The maximum atomic E-state index is 6.80. The van der Waals surface area contributed by atoms with Crippen LogP contribution in [-0.4, -0.2) is 32.0 Å². The lowest BCUT2D eigenvalue weighted by molar-refractivity contribution is -0.0211. The van der Waals surface area contributed by atoms with E-state index in [9.17, 15) is 0 Å². The lowest BCUT2D eigenvalue weighted by Crippen LogP contribution is -2.44. The molecule has 3 aromatic rings. The summed E-state index contributed by atoms with van der Waals surface area (Å²) in [5, 5.41) is 0. The van der Waals surface area contributed by atoms with Crippen molar-refractivity contribution in [2.45, 2.75) is 33.5 Å². The molecule has 0 bridgehead atoms. The van der Waals surface area contributed by atoms with Gasteiger partial charge in [-0.3, -0.25) is 0 Å². The molecular weight excluding hydrogens is 432 g/mol. The Hall–Kier alpha value is -3.66. The van der Waals surface area contributed by atoms with Crippen molar-refractivity contribution >= 4 is 29.1 Å². The molecule has 1 atom stereocenters. The summed E-state index contributed by atoms with van der Waals surface area (Å²) in [6.07, 6.45) is 6.39. The molecule has 4 heteroatoms. The highest BCUT2D eigenvalue weighted by atomic mass is 16.7. The van der Waals surface area contributed by atoms with Crippen molar-refractivity contribution in [3.8, 4) is 11.5 Å². The zero-order chi connectivity index (χ0) is 24.4. The number of hydrogen-bond acceptors (Lipinski definition) is 4. The molecule has 0 aromatic heterocycles. The summed E-state index contributed by atoms with van der Waals surface area (Å²) in [5.41, 5.74) is 6.51. The van der Waals surface area contributed by atoms with Crippen LogP contribution in [0, 0.1) is 0 Å². The van der Waals surface area contributed by atoms with Gasteiger partial charge in [0, 0.05) is 72.5 Å². The fourth-order valence-electron chi connectivity index (χ4n) is 5.02. The first kappa shape index (κ1) is 23.1. The van der Waals surface area contributed by atoms with Crippen LogP contribution in [-0.2, 0) is 0 Å². The average Bonchev–Trinajstić information content (AvgIpc) is 2.90. The van der Waals surface area contributed by atoms with Crippen LogP contribution in [0.3, 0.4) is 0 Å². The van der Waals surface area contributed by atoms with Crippen molar-refractivity contribution in [3.05, 3.63) is 89.5 Å². The van der Waals surface area contributed by atoms with E-state index in [1.807, 2.05) is 6.07 Å². The molecule has 4 nitrogen and oxygen atoms in total. The highest BCUT2D eigenvalue weighted by molar-refractivity contribution is 5.92. The smallest absolute Gasteiger partial charge is 0.299 e. The van der Waals surface area contributed by atoms with Gasteiger partial charge in [0.1, 0.15) is 11.5 Å². The van der Waals surface area contributed by atoms with Gasteiger partial charge < -0.3 is 19.3 Å². The molecule has 0 aliphatic carbocycles. The van der Waals surface area contributed by atoms with Crippen LogP contribution in [0.25, 0.3) is 17.7 Å². The van der Waals surface area contributed by atoms with Gasteiger partial charge in [-0.15, -0.1) is 0 Å².